The van der Waals surface area contributed by atoms with E-state index in [0.29, 0.717) is 5.56 Å². The van der Waals surface area contributed by atoms with Crippen molar-refractivity contribution >= 4 is 11.7 Å². The zero-order valence-electron chi connectivity index (χ0n) is 14.5. The SMILES string of the molecule is CC(C)(C)NC(=O)c1ccc(-c2ccc(N3CCCC3)nn2)cc1. The van der Waals surface area contributed by atoms with Gasteiger partial charge in [-0.25, -0.2) is 0 Å². The van der Waals surface area contributed by atoms with Crippen LogP contribution in [-0.2, 0) is 0 Å². The van der Waals surface area contributed by atoms with Gasteiger partial charge in [-0.05, 0) is 57.9 Å². The summed E-state index contributed by atoms with van der Waals surface area (Å²) in [6, 6.07) is 11.5. The van der Waals surface area contributed by atoms with Crippen LogP contribution in [0, 0.1) is 0 Å². The Balaban J connectivity index is 1.72. The van der Waals surface area contributed by atoms with Crippen molar-refractivity contribution in [3.63, 3.8) is 0 Å². The number of amides is 1. The van der Waals surface area contributed by atoms with E-state index >= 15 is 0 Å². The number of hydrogen-bond donors (Lipinski definition) is 1. The van der Waals surface area contributed by atoms with E-state index in [0.717, 1.165) is 30.2 Å². The molecule has 2 aromatic rings. The van der Waals surface area contributed by atoms with Gasteiger partial charge in [0, 0.05) is 29.8 Å². The van der Waals surface area contributed by atoms with Gasteiger partial charge in [0.05, 0.1) is 5.69 Å². The molecular weight excluding hydrogens is 300 g/mol. The van der Waals surface area contributed by atoms with E-state index in [2.05, 4.69) is 20.4 Å². The summed E-state index contributed by atoms with van der Waals surface area (Å²) in [6.07, 6.45) is 2.45. The van der Waals surface area contributed by atoms with Gasteiger partial charge in [0.2, 0.25) is 0 Å². The zero-order chi connectivity index (χ0) is 17.2. The number of benzene rings is 1. The van der Waals surface area contributed by atoms with E-state index in [1.54, 1.807) is 0 Å². The van der Waals surface area contributed by atoms with Crippen LogP contribution in [0.5, 0.6) is 0 Å². The summed E-state index contributed by atoms with van der Waals surface area (Å²) in [5.41, 5.74) is 2.19. The van der Waals surface area contributed by atoms with Crippen molar-refractivity contribution in [3.05, 3.63) is 42.0 Å². The molecule has 0 atom stereocenters. The molecular formula is C19H24N4O. The maximum Gasteiger partial charge on any atom is 0.251 e. The van der Waals surface area contributed by atoms with Crippen molar-refractivity contribution in [2.45, 2.75) is 39.2 Å². The van der Waals surface area contributed by atoms with Gasteiger partial charge in [0.15, 0.2) is 5.82 Å². The van der Waals surface area contributed by atoms with Crippen molar-refractivity contribution in [2.75, 3.05) is 18.0 Å². The Labute approximate surface area is 143 Å². The van der Waals surface area contributed by atoms with Gasteiger partial charge >= 0.3 is 0 Å². The number of carbonyl (C=O) groups excluding carboxylic acids is 1. The molecule has 1 aromatic carbocycles. The predicted octanol–water partition coefficient (Wildman–Crippen LogP) is 3.27. The molecule has 0 saturated carbocycles. The van der Waals surface area contributed by atoms with Crippen molar-refractivity contribution < 1.29 is 4.79 Å². The third-order valence-corrected chi connectivity index (χ3v) is 4.01. The highest BCUT2D eigenvalue weighted by Crippen LogP contribution is 2.21. The van der Waals surface area contributed by atoms with Gasteiger partial charge < -0.3 is 10.2 Å². The highest BCUT2D eigenvalue weighted by molar-refractivity contribution is 5.95. The number of rotatable bonds is 3. The normalized spacial score (nSPS) is 14.7. The molecule has 0 unspecified atom stereocenters. The molecule has 1 aromatic heterocycles. The Morgan fingerprint density at radius 2 is 1.67 bits per heavy atom. The summed E-state index contributed by atoms with van der Waals surface area (Å²) in [4.78, 5) is 14.4. The molecule has 1 fully saturated rings. The van der Waals surface area contributed by atoms with Crippen LogP contribution in [0.3, 0.4) is 0 Å². The van der Waals surface area contributed by atoms with E-state index in [-0.39, 0.29) is 11.4 Å². The monoisotopic (exact) mass is 324 g/mol. The fourth-order valence-corrected chi connectivity index (χ4v) is 2.80. The first-order valence-corrected chi connectivity index (χ1v) is 8.44. The van der Waals surface area contributed by atoms with Crippen LogP contribution >= 0.6 is 0 Å². The van der Waals surface area contributed by atoms with Crippen LogP contribution < -0.4 is 10.2 Å². The molecule has 1 amide bonds. The molecule has 1 saturated heterocycles. The highest BCUT2D eigenvalue weighted by atomic mass is 16.1. The van der Waals surface area contributed by atoms with Gasteiger partial charge in [-0.3, -0.25) is 4.79 Å². The summed E-state index contributed by atoms with van der Waals surface area (Å²) >= 11 is 0. The van der Waals surface area contributed by atoms with Gasteiger partial charge in [0.1, 0.15) is 0 Å². The van der Waals surface area contributed by atoms with Gasteiger partial charge in [-0.2, -0.15) is 0 Å². The second kappa shape index (κ2) is 6.59. The van der Waals surface area contributed by atoms with Crippen LogP contribution in [-0.4, -0.2) is 34.7 Å². The Kier molecular flexibility index (Phi) is 4.51. The molecule has 0 radical (unpaired) electrons. The smallest absolute Gasteiger partial charge is 0.251 e. The number of aromatic nitrogens is 2. The largest absolute Gasteiger partial charge is 0.355 e. The summed E-state index contributed by atoms with van der Waals surface area (Å²) < 4.78 is 0. The molecule has 3 rings (SSSR count). The zero-order valence-corrected chi connectivity index (χ0v) is 14.5. The number of hydrogen-bond acceptors (Lipinski definition) is 4. The molecule has 2 heterocycles. The molecule has 1 N–H and O–H groups in total. The van der Waals surface area contributed by atoms with Gasteiger partial charge in [0.25, 0.3) is 5.91 Å². The van der Waals surface area contributed by atoms with Gasteiger partial charge in [-0.1, -0.05) is 12.1 Å². The molecule has 24 heavy (non-hydrogen) atoms. The number of carbonyl (C=O) groups is 1. The Hall–Kier alpha value is -2.43. The van der Waals surface area contributed by atoms with Crippen LogP contribution in [0.1, 0.15) is 44.0 Å². The quantitative estimate of drug-likeness (QED) is 0.941. The molecule has 5 heteroatoms. The minimum absolute atomic E-state index is 0.0653. The molecule has 126 valence electrons. The fraction of sp³-hybridized carbons (Fsp3) is 0.421. The first kappa shape index (κ1) is 16.4. The minimum Gasteiger partial charge on any atom is -0.355 e. The second-order valence-electron chi connectivity index (χ2n) is 7.25. The van der Waals surface area contributed by atoms with Crippen molar-refractivity contribution in [1.82, 2.24) is 15.5 Å². The van der Waals surface area contributed by atoms with E-state index in [9.17, 15) is 4.79 Å². The summed E-state index contributed by atoms with van der Waals surface area (Å²) in [6.45, 7) is 8.03. The maximum atomic E-state index is 12.2. The molecule has 1 aliphatic heterocycles. The average Bonchev–Trinajstić information content (AvgIpc) is 3.08. The summed E-state index contributed by atoms with van der Waals surface area (Å²) in [7, 11) is 0. The standard InChI is InChI=1S/C19H24N4O/c1-19(2,3)20-18(24)15-8-6-14(7-9-15)16-10-11-17(22-21-16)23-12-4-5-13-23/h6-11H,4-5,12-13H2,1-3H3,(H,20,24). The lowest BCUT2D eigenvalue weighted by atomic mass is 10.1. The molecule has 0 bridgehead atoms. The van der Waals surface area contributed by atoms with Crippen LogP contribution in [0.25, 0.3) is 11.3 Å². The number of anilines is 1. The summed E-state index contributed by atoms with van der Waals surface area (Å²) in [5, 5.41) is 11.6. The fourth-order valence-electron chi connectivity index (χ4n) is 2.80. The lowest BCUT2D eigenvalue weighted by Gasteiger charge is -2.20. The third-order valence-electron chi connectivity index (χ3n) is 4.01. The van der Waals surface area contributed by atoms with E-state index < -0.39 is 0 Å². The maximum absolute atomic E-state index is 12.2. The Morgan fingerprint density at radius 3 is 2.21 bits per heavy atom. The first-order chi connectivity index (χ1) is 11.4. The molecule has 5 nitrogen and oxygen atoms in total. The van der Waals surface area contributed by atoms with Crippen molar-refractivity contribution in [2.24, 2.45) is 0 Å². The highest BCUT2D eigenvalue weighted by Gasteiger charge is 2.16. The number of nitrogens with one attached hydrogen (secondary N) is 1. The third kappa shape index (κ3) is 3.91. The van der Waals surface area contributed by atoms with Crippen LogP contribution in [0.15, 0.2) is 36.4 Å². The van der Waals surface area contributed by atoms with E-state index in [1.807, 2.05) is 57.2 Å². The van der Waals surface area contributed by atoms with E-state index in [1.165, 1.54) is 12.8 Å². The molecule has 0 aliphatic carbocycles. The lowest BCUT2D eigenvalue weighted by Crippen LogP contribution is -2.40. The lowest BCUT2D eigenvalue weighted by molar-refractivity contribution is 0.0919. The minimum atomic E-state index is -0.243. The topological polar surface area (TPSA) is 58.1 Å². The Bertz CT molecular complexity index is 696. The van der Waals surface area contributed by atoms with Crippen LogP contribution in [0.4, 0.5) is 5.82 Å². The molecule has 1 aliphatic rings. The van der Waals surface area contributed by atoms with Crippen molar-refractivity contribution in [3.8, 4) is 11.3 Å². The summed E-state index contributed by atoms with van der Waals surface area (Å²) in [5.74, 6) is 0.877. The van der Waals surface area contributed by atoms with E-state index in [4.69, 9.17) is 0 Å². The first-order valence-electron chi connectivity index (χ1n) is 8.44. The van der Waals surface area contributed by atoms with Crippen molar-refractivity contribution in [1.29, 1.82) is 0 Å². The second-order valence-corrected chi connectivity index (χ2v) is 7.25. The van der Waals surface area contributed by atoms with Gasteiger partial charge in [-0.15, -0.1) is 10.2 Å². The molecule has 0 spiro atoms. The Morgan fingerprint density at radius 1 is 1.00 bits per heavy atom. The average molecular weight is 324 g/mol. The number of nitrogens with zero attached hydrogens (tertiary/aromatic N) is 3. The predicted molar refractivity (Wildman–Crippen MR) is 96.1 cm³/mol. The van der Waals surface area contributed by atoms with Crippen LogP contribution in [0.2, 0.25) is 0 Å².